The number of likely N-dealkylation sites (tertiary alicyclic amines) is 1. The third-order valence-corrected chi connectivity index (χ3v) is 3.85. The first-order chi connectivity index (χ1) is 9.13. The molecule has 3 nitrogen and oxygen atoms in total. The quantitative estimate of drug-likeness (QED) is 0.920. The summed E-state index contributed by atoms with van der Waals surface area (Å²) in [7, 11) is 2.12. The summed E-state index contributed by atoms with van der Waals surface area (Å²) in [5.41, 5.74) is 1.08. The van der Waals surface area contributed by atoms with Gasteiger partial charge in [0.25, 0.3) is 0 Å². The molecule has 2 rings (SSSR count). The van der Waals surface area contributed by atoms with Crippen molar-refractivity contribution in [2.75, 3.05) is 20.1 Å². The molecule has 1 saturated heterocycles. The molecule has 1 unspecified atom stereocenters. The van der Waals surface area contributed by atoms with Gasteiger partial charge in [0.1, 0.15) is 0 Å². The summed E-state index contributed by atoms with van der Waals surface area (Å²) in [6.45, 7) is 2.77. The van der Waals surface area contributed by atoms with E-state index in [1.54, 1.807) is 0 Å². The summed E-state index contributed by atoms with van der Waals surface area (Å²) < 4.78 is 0. The molecule has 4 heteroatoms. The maximum Gasteiger partial charge on any atom is 0.220 e. The van der Waals surface area contributed by atoms with E-state index in [1.165, 1.54) is 12.8 Å². The van der Waals surface area contributed by atoms with Gasteiger partial charge in [0.2, 0.25) is 5.91 Å². The van der Waals surface area contributed by atoms with E-state index in [9.17, 15) is 4.79 Å². The van der Waals surface area contributed by atoms with Crippen molar-refractivity contribution >= 4 is 17.5 Å². The molecule has 1 atom stereocenters. The maximum absolute atomic E-state index is 11.9. The van der Waals surface area contributed by atoms with E-state index >= 15 is 0 Å². The van der Waals surface area contributed by atoms with Gasteiger partial charge in [0, 0.05) is 24.5 Å². The maximum atomic E-state index is 11.9. The number of hydrogen-bond acceptors (Lipinski definition) is 2. The molecule has 1 aliphatic heterocycles. The third-order valence-electron chi connectivity index (χ3n) is 3.60. The van der Waals surface area contributed by atoms with Gasteiger partial charge in [-0.2, -0.15) is 0 Å². The van der Waals surface area contributed by atoms with Crippen LogP contribution in [0.25, 0.3) is 0 Å². The number of hydrogen-bond donors (Lipinski definition) is 1. The summed E-state index contributed by atoms with van der Waals surface area (Å²) in [4.78, 5) is 14.2. The molecule has 0 aromatic heterocycles. The number of amides is 1. The van der Waals surface area contributed by atoms with Crippen LogP contribution < -0.4 is 5.32 Å². The Morgan fingerprint density at radius 1 is 1.42 bits per heavy atom. The SMILES string of the molecule is CN1CCCC(CC(=O)NCc2ccc(Cl)cc2)C1. The van der Waals surface area contributed by atoms with E-state index in [2.05, 4.69) is 17.3 Å². The Hall–Kier alpha value is -1.06. The zero-order valence-corrected chi connectivity index (χ0v) is 12.1. The van der Waals surface area contributed by atoms with Crippen LogP contribution in [-0.2, 0) is 11.3 Å². The van der Waals surface area contributed by atoms with Crippen LogP contribution in [0.4, 0.5) is 0 Å². The Labute approximate surface area is 119 Å². The van der Waals surface area contributed by atoms with E-state index in [4.69, 9.17) is 11.6 Å². The standard InChI is InChI=1S/C15H21ClN2O/c1-18-8-2-3-13(11-18)9-15(19)17-10-12-4-6-14(16)7-5-12/h4-7,13H,2-3,8-11H2,1H3,(H,17,19). The summed E-state index contributed by atoms with van der Waals surface area (Å²) >= 11 is 5.82. The molecule has 0 bridgehead atoms. The van der Waals surface area contributed by atoms with Crippen LogP contribution in [0, 0.1) is 5.92 Å². The molecule has 0 radical (unpaired) electrons. The van der Waals surface area contributed by atoms with Crippen LogP contribution in [-0.4, -0.2) is 30.9 Å². The van der Waals surface area contributed by atoms with E-state index in [0.29, 0.717) is 18.9 Å². The minimum atomic E-state index is 0.148. The van der Waals surface area contributed by atoms with Crippen molar-refractivity contribution in [1.29, 1.82) is 0 Å². The molecule has 1 fully saturated rings. The molecule has 1 aromatic rings. The highest BCUT2D eigenvalue weighted by Gasteiger charge is 2.19. The Kier molecular flexibility index (Phi) is 5.23. The summed E-state index contributed by atoms with van der Waals surface area (Å²) in [6, 6.07) is 7.58. The van der Waals surface area contributed by atoms with Crippen molar-refractivity contribution in [1.82, 2.24) is 10.2 Å². The topological polar surface area (TPSA) is 32.3 Å². The Morgan fingerprint density at radius 2 is 2.16 bits per heavy atom. The Morgan fingerprint density at radius 3 is 2.84 bits per heavy atom. The van der Waals surface area contributed by atoms with Gasteiger partial charge >= 0.3 is 0 Å². The second-order valence-electron chi connectivity index (χ2n) is 5.38. The number of nitrogens with one attached hydrogen (secondary N) is 1. The fraction of sp³-hybridized carbons (Fsp3) is 0.533. The van der Waals surface area contributed by atoms with E-state index in [0.717, 1.165) is 23.7 Å². The Bertz CT molecular complexity index is 419. The highest BCUT2D eigenvalue weighted by atomic mass is 35.5. The lowest BCUT2D eigenvalue weighted by molar-refractivity contribution is -0.122. The zero-order chi connectivity index (χ0) is 13.7. The number of halogens is 1. The molecule has 104 valence electrons. The van der Waals surface area contributed by atoms with Gasteiger partial charge < -0.3 is 10.2 Å². The predicted molar refractivity (Wildman–Crippen MR) is 78.1 cm³/mol. The normalized spacial score (nSPS) is 20.2. The highest BCUT2D eigenvalue weighted by Crippen LogP contribution is 2.18. The molecule has 0 saturated carbocycles. The minimum Gasteiger partial charge on any atom is -0.352 e. The van der Waals surface area contributed by atoms with Gasteiger partial charge in [-0.25, -0.2) is 0 Å². The van der Waals surface area contributed by atoms with Gasteiger partial charge in [-0.1, -0.05) is 23.7 Å². The van der Waals surface area contributed by atoms with Gasteiger partial charge in [-0.15, -0.1) is 0 Å². The molecule has 0 spiro atoms. The first-order valence-electron chi connectivity index (χ1n) is 6.83. The largest absolute Gasteiger partial charge is 0.352 e. The smallest absolute Gasteiger partial charge is 0.220 e. The number of piperidine rings is 1. The average molecular weight is 281 g/mol. The van der Waals surface area contributed by atoms with Gasteiger partial charge in [-0.05, 0) is 50.0 Å². The number of nitrogens with zero attached hydrogens (tertiary/aromatic N) is 1. The van der Waals surface area contributed by atoms with Crippen LogP contribution >= 0.6 is 11.6 Å². The molecule has 1 aromatic carbocycles. The third kappa shape index (κ3) is 4.84. The van der Waals surface area contributed by atoms with Crippen molar-refractivity contribution in [3.8, 4) is 0 Å². The summed E-state index contributed by atoms with van der Waals surface area (Å²) in [6.07, 6.45) is 3.00. The lowest BCUT2D eigenvalue weighted by Gasteiger charge is -2.29. The van der Waals surface area contributed by atoms with Crippen LogP contribution in [0.1, 0.15) is 24.8 Å². The number of carbonyl (C=O) groups excluding carboxylic acids is 1. The number of rotatable bonds is 4. The van der Waals surface area contributed by atoms with Gasteiger partial charge in [-0.3, -0.25) is 4.79 Å². The molecule has 1 aliphatic rings. The molecular weight excluding hydrogens is 260 g/mol. The Balaban J connectivity index is 1.73. The highest BCUT2D eigenvalue weighted by molar-refractivity contribution is 6.30. The van der Waals surface area contributed by atoms with Gasteiger partial charge in [0.05, 0.1) is 0 Å². The van der Waals surface area contributed by atoms with Crippen LogP contribution in [0.5, 0.6) is 0 Å². The lowest BCUT2D eigenvalue weighted by atomic mass is 9.95. The fourth-order valence-corrected chi connectivity index (χ4v) is 2.70. The second kappa shape index (κ2) is 6.92. The van der Waals surface area contributed by atoms with Crippen LogP contribution in [0.2, 0.25) is 5.02 Å². The van der Waals surface area contributed by atoms with Crippen molar-refractivity contribution in [2.24, 2.45) is 5.92 Å². The summed E-state index contributed by atoms with van der Waals surface area (Å²) in [5.74, 6) is 0.652. The van der Waals surface area contributed by atoms with Crippen molar-refractivity contribution in [3.63, 3.8) is 0 Å². The van der Waals surface area contributed by atoms with Crippen molar-refractivity contribution in [2.45, 2.75) is 25.8 Å². The molecular formula is C15H21ClN2O. The van der Waals surface area contributed by atoms with E-state index < -0.39 is 0 Å². The molecule has 1 heterocycles. The van der Waals surface area contributed by atoms with Gasteiger partial charge in [0.15, 0.2) is 0 Å². The van der Waals surface area contributed by atoms with Crippen LogP contribution in [0.3, 0.4) is 0 Å². The van der Waals surface area contributed by atoms with Crippen molar-refractivity contribution < 1.29 is 4.79 Å². The second-order valence-corrected chi connectivity index (χ2v) is 5.81. The fourth-order valence-electron chi connectivity index (χ4n) is 2.58. The monoisotopic (exact) mass is 280 g/mol. The minimum absolute atomic E-state index is 0.148. The lowest BCUT2D eigenvalue weighted by Crippen LogP contribution is -2.35. The average Bonchev–Trinajstić information content (AvgIpc) is 2.38. The van der Waals surface area contributed by atoms with E-state index in [1.807, 2.05) is 24.3 Å². The van der Waals surface area contributed by atoms with Crippen LogP contribution in [0.15, 0.2) is 24.3 Å². The zero-order valence-electron chi connectivity index (χ0n) is 11.4. The summed E-state index contributed by atoms with van der Waals surface area (Å²) in [5, 5.41) is 3.70. The molecule has 0 aliphatic carbocycles. The number of carbonyl (C=O) groups is 1. The van der Waals surface area contributed by atoms with Crippen molar-refractivity contribution in [3.05, 3.63) is 34.9 Å². The predicted octanol–water partition coefficient (Wildman–Crippen LogP) is 2.69. The first kappa shape index (κ1) is 14.4. The molecule has 1 amide bonds. The first-order valence-corrected chi connectivity index (χ1v) is 7.21. The van der Waals surface area contributed by atoms with E-state index in [-0.39, 0.29) is 5.91 Å². The number of benzene rings is 1. The molecule has 19 heavy (non-hydrogen) atoms. The molecule has 1 N–H and O–H groups in total.